The molecule has 202 valence electrons. The van der Waals surface area contributed by atoms with Crippen molar-refractivity contribution in [3.63, 3.8) is 0 Å². The van der Waals surface area contributed by atoms with E-state index in [1.165, 1.54) is 6.20 Å². The highest BCUT2D eigenvalue weighted by Gasteiger charge is 2.60. The molecule has 0 radical (unpaired) electrons. The Morgan fingerprint density at radius 3 is 2.49 bits per heavy atom. The molecule has 1 atom stereocenters. The van der Waals surface area contributed by atoms with Gasteiger partial charge in [0.1, 0.15) is 11.8 Å². The number of nitriles is 1. The zero-order chi connectivity index (χ0) is 27.6. The Balaban J connectivity index is 1.36. The van der Waals surface area contributed by atoms with Crippen LogP contribution in [0.1, 0.15) is 36.0 Å². The molecule has 2 aromatic carbocycles. The first-order valence-electron chi connectivity index (χ1n) is 12.9. The normalized spacial score (nSPS) is 20.9. The number of hydrogen-bond donors (Lipinski definition) is 1. The van der Waals surface area contributed by atoms with E-state index in [-0.39, 0.29) is 0 Å². The first-order valence-corrected chi connectivity index (χ1v) is 12.9. The van der Waals surface area contributed by atoms with Crippen LogP contribution in [0.3, 0.4) is 0 Å². The van der Waals surface area contributed by atoms with Crippen LogP contribution in [0.5, 0.6) is 5.75 Å². The summed E-state index contributed by atoms with van der Waals surface area (Å²) in [7, 11) is 1.59. The van der Waals surface area contributed by atoms with Gasteiger partial charge in [-0.1, -0.05) is 24.6 Å². The third kappa shape index (κ3) is 5.14. The fraction of sp³-hybridized carbons (Fsp3) is 0.379. The van der Waals surface area contributed by atoms with Gasteiger partial charge < -0.3 is 15.0 Å². The van der Waals surface area contributed by atoms with E-state index in [9.17, 15) is 23.6 Å². The van der Waals surface area contributed by atoms with Gasteiger partial charge in [-0.05, 0) is 54.3 Å². The number of fused-ring (bicyclic) bond motifs is 1. The molecule has 2 aliphatic rings. The molecule has 2 aliphatic heterocycles. The summed E-state index contributed by atoms with van der Waals surface area (Å²) in [5.74, 6) is -3.71. The zero-order valence-corrected chi connectivity index (χ0v) is 21.6. The Labute approximate surface area is 225 Å². The van der Waals surface area contributed by atoms with Crippen molar-refractivity contribution >= 4 is 22.7 Å². The predicted molar refractivity (Wildman–Crippen MR) is 141 cm³/mol. The van der Waals surface area contributed by atoms with Crippen molar-refractivity contribution in [3.8, 4) is 22.9 Å². The number of aromatic nitrogens is 1. The maximum atomic E-state index is 14.6. The summed E-state index contributed by atoms with van der Waals surface area (Å²) in [4.78, 5) is 33.4. The SMILES string of the molecule is COc1ccc(-c2ccc3nccc(C(=O)NCC(=O)N4CC(F)(F)C[C@]4(C#N)N4CCCCC4)c3c2)cc1. The molecule has 0 saturated carbocycles. The number of piperidine rings is 1. The van der Waals surface area contributed by atoms with E-state index in [0.717, 1.165) is 41.0 Å². The minimum atomic E-state index is -3.19. The first kappa shape index (κ1) is 26.5. The minimum absolute atomic E-state index is 0.303. The van der Waals surface area contributed by atoms with Gasteiger partial charge in [0, 0.05) is 24.7 Å². The average Bonchev–Trinajstić information content (AvgIpc) is 3.27. The summed E-state index contributed by atoms with van der Waals surface area (Å²) < 4.78 is 34.4. The second kappa shape index (κ2) is 10.6. The smallest absolute Gasteiger partial charge is 0.270 e. The van der Waals surface area contributed by atoms with Crippen molar-refractivity contribution in [2.75, 3.05) is 33.3 Å². The van der Waals surface area contributed by atoms with Gasteiger partial charge in [0.05, 0.1) is 37.7 Å². The largest absolute Gasteiger partial charge is 0.497 e. The van der Waals surface area contributed by atoms with Crippen molar-refractivity contribution in [2.45, 2.75) is 37.3 Å². The lowest BCUT2D eigenvalue weighted by atomic mass is 10.00. The number of methoxy groups -OCH3 is 1. The molecular formula is C29H29F2N5O3. The number of alkyl halides is 2. The molecule has 10 heteroatoms. The third-order valence-electron chi connectivity index (χ3n) is 7.51. The molecule has 8 nitrogen and oxygen atoms in total. The molecular weight excluding hydrogens is 504 g/mol. The number of carbonyl (C=O) groups excluding carboxylic acids is 2. The van der Waals surface area contributed by atoms with Crippen LogP contribution in [0.25, 0.3) is 22.0 Å². The van der Waals surface area contributed by atoms with Crippen molar-refractivity contribution in [3.05, 3.63) is 60.3 Å². The quantitative estimate of drug-likeness (QED) is 0.510. The fourth-order valence-electron chi connectivity index (χ4n) is 5.54. The number of carbonyl (C=O) groups is 2. The second-order valence-electron chi connectivity index (χ2n) is 9.99. The van der Waals surface area contributed by atoms with E-state index in [2.05, 4.69) is 10.3 Å². The third-order valence-corrected chi connectivity index (χ3v) is 7.51. The number of hydrogen-bond acceptors (Lipinski definition) is 6. The van der Waals surface area contributed by atoms with E-state index < -0.39 is 42.9 Å². The molecule has 39 heavy (non-hydrogen) atoms. The van der Waals surface area contributed by atoms with Gasteiger partial charge in [0.2, 0.25) is 5.91 Å². The van der Waals surface area contributed by atoms with E-state index in [4.69, 9.17) is 4.74 Å². The average molecular weight is 534 g/mol. The monoisotopic (exact) mass is 533 g/mol. The molecule has 2 fully saturated rings. The Morgan fingerprint density at radius 1 is 1.08 bits per heavy atom. The molecule has 2 saturated heterocycles. The Morgan fingerprint density at radius 2 is 1.79 bits per heavy atom. The van der Waals surface area contributed by atoms with Gasteiger partial charge >= 0.3 is 0 Å². The van der Waals surface area contributed by atoms with Crippen molar-refractivity contribution < 1.29 is 23.1 Å². The van der Waals surface area contributed by atoms with Gasteiger partial charge in [0.25, 0.3) is 11.8 Å². The number of benzene rings is 2. The molecule has 1 N–H and O–H groups in total. The Hall–Kier alpha value is -4.10. The lowest BCUT2D eigenvalue weighted by Crippen LogP contribution is -2.60. The van der Waals surface area contributed by atoms with Crippen LogP contribution in [0.15, 0.2) is 54.7 Å². The van der Waals surface area contributed by atoms with Crippen LogP contribution in [0, 0.1) is 11.3 Å². The van der Waals surface area contributed by atoms with E-state index in [1.807, 2.05) is 48.5 Å². The molecule has 3 heterocycles. The highest BCUT2D eigenvalue weighted by molar-refractivity contribution is 6.07. The summed E-state index contributed by atoms with van der Waals surface area (Å²) in [5.41, 5.74) is 0.963. The number of halogens is 2. The summed E-state index contributed by atoms with van der Waals surface area (Å²) in [6, 6.07) is 16.6. The van der Waals surface area contributed by atoms with E-state index in [1.54, 1.807) is 18.1 Å². The van der Waals surface area contributed by atoms with Crippen LogP contribution in [0.4, 0.5) is 8.78 Å². The minimum Gasteiger partial charge on any atom is -0.497 e. The Kier molecular flexibility index (Phi) is 7.19. The number of rotatable bonds is 6. The number of amides is 2. The lowest BCUT2D eigenvalue weighted by Gasteiger charge is -2.43. The molecule has 0 bridgehead atoms. The zero-order valence-electron chi connectivity index (χ0n) is 21.6. The number of nitrogens with one attached hydrogen (secondary N) is 1. The van der Waals surface area contributed by atoms with E-state index >= 15 is 0 Å². The highest BCUT2D eigenvalue weighted by atomic mass is 19.3. The number of ether oxygens (including phenoxy) is 1. The van der Waals surface area contributed by atoms with Crippen LogP contribution < -0.4 is 10.1 Å². The number of pyridine rings is 1. The second-order valence-corrected chi connectivity index (χ2v) is 9.99. The van der Waals surface area contributed by atoms with Gasteiger partial charge in [-0.3, -0.25) is 19.5 Å². The maximum absolute atomic E-state index is 14.6. The van der Waals surface area contributed by atoms with Crippen LogP contribution in [0.2, 0.25) is 0 Å². The van der Waals surface area contributed by atoms with Crippen molar-refractivity contribution in [1.82, 2.24) is 20.1 Å². The Bertz CT molecular complexity index is 1430. The van der Waals surface area contributed by atoms with Crippen LogP contribution in [-0.4, -0.2) is 71.5 Å². The van der Waals surface area contributed by atoms with Gasteiger partial charge in [-0.15, -0.1) is 0 Å². The summed E-state index contributed by atoms with van der Waals surface area (Å²) in [5, 5.41) is 13.2. The maximum Gasteiger partial charge on any atom is 0.270 e. The molecule has 1 aromatic heterocycles. The van der Waals surface area contributed by atoms with Crippen molar-refractivity contribution in [2.24, 2.45) is 0 Å². The predicted octanol–water partition coefficient (Wildman–Crippen LogP) is 4.21. The number of nitrogens with zero attached hydrogens (tertiary/aromatic N) is 4. The first-order chi connectivity index (χ1) is 18.8. The molecule has 0 aliphatic carbocycles. The van der Waals surface area contributed by atoms with Gasteiger partial charge in [-0.2, -0.15) is 5.26 Å². The summed E-state index contributed by atoms with van der Waals surface area (Å²) >= 11 is 0. The molecule has 0 spiro atoms. The highest BCUT2D eigenvalue weighted by Crippen LogP contribution is 2.42. The standard InChI is InChI=1S/C29H29F2N5O3/c1-39-22-8-5-20(6-9-22)21-7-10-25-24(15-21)23(11-12-33-25)27(38)34-16-26(37)36-19-28(30,31)17-29(36,18-32)35-13-3-2-4-14-35/h5-12,15H,2-4,13-14,16-17,19H2,1H3,(H,34,38)/t29-/m0/s1. The molecule has 3 aromatic rings. The topological polar surface area (TPSA) is 98.6 Å². The van der Waals surface area contributed by atoms with Gasteiger partial charge in [0.15, 0.2) is 5.66 Å². The number of likely N-dealkylation sites (tertiary alicyclic amines) is 2. The fourth-order valence-corrected chi connectivity index (χ4v) is 5.54. The lowest BCUT2D eigenvalue weighted by molar-refractivity contribution is -0.139. The van der Waals surface area contributed by atoms with Crippen LogP contribution >= 0.6 is 0 Å². The van der Waals surface area contributed by atoms with Crippen molar-refractivity contribution in [1.29, 1.82) is 5.26 Å². The van der Waals surface area contributed by atoms with Gasteiger partial charge in [-0.25, -0.2) is 8.78 Å². The summed E-state index contributed by atoms with van der Waals surface area (Å²) in [6.07, 6.45) is 3.28. The molecule has 5 rings (SSSR count). The molecule has 2 amide bonds. The summed E-state index contributed by atoms with van der Waals surface area (Å²) in [6.45, 7) is -0.415. The van der Waals surface area contributed by atoms with Crippen LogP contribution in [-0.2, 0) is 4.79 Å². The molecule has 0 unspecified atom stereocenters. The van der Waals surface area contributed by atoms with E-state index in [0.29, 0.717) is 29.6 Å².